The summed E-state index contributed by atoms with van der Waals surface area (Å²) in [6, 6.07) is 14.7. The Morgan fingerprint density at radius 1 is 0.629 bits per heavy atom. The Balaban J connectivity index is 0.000000392. The molecule has 5 heterocycles. The van der Waals surface area contributed by atoms with Gasteiger partial charge in [-0.25, -0.2) is 34.1 Å². The molecule has 0 aromatic carbocycles. The number of pyridine rings is 5. The van der Waals surface area contributed by atoms with Crippen LogP contribution in [0.3, 0.4) is 0 Å². The maximum absolute atomic E-state index is 11.7. The molecule has 0 radical (unpaired) electrons. The smallest absolute Gasteiger partial charge is 0.339 e. The fourth-order valence-corrected chi connectivity index (χ4v) is 4.03. The third-order valence-corrected chi connectivity index (χ3v) is 7.47. The van der Waals surface area contributed by atoms with Crippen molar-refractivity contribution in [2.75, 3.05) is 42.1 Å². The van der Waals surface area contributed by atoms with Crippen LogP contribution in [0.5, 0.6) is 17.6 Å². The minimum absolute atomic E-state index is 0.0830. The number of aryl methyl sites for hydroxylation is 1. The van der Waals surface area contributed by atoms with E-state index in [9.17, 15) is 33.6 Å². The van der Waals surface area contributed by atoms with Gasteiger partial charge in [-0.2, -0.15) is 0 Å². The first-order valence-electron chi connectivity index (χ1n) is 18.1. The molecule has 5 aromatic rings. The zero-order chi connectivity index (χ0) is 46.8. The van der Waals surface area contributed by atoms with Gasteiger partial charge >= 0.3 is 23.9 Å². The van der Waals surface area contributed by atoms with Crippen molar-refractivity contribution in [3.8, 4) is 17.6 Å². The van der Waals surface area contributed by atoms with Gasteiger partial charge in [0.25, 0.3) is 5.91 Å². The van der Waals surface area contributed by atoms with Gasteiger partial charge in [0, 0.05) is 74.9 Å². The maximum Gasteiger partial charge on any atom is 0.339 e. The van der Waals surface area contributed by atoms with Crippen molar-refractivity contribution in [2.45, 2.75) is 27.2 Å². The van der Waals surface area contributed by atoms with Crippen molar-refractivity contribution in [2.24, 2.45) is 12.5 Å². The van der Waals surface area contributed by atoms with Crippen molar-refractivity contribution in [1.82, 2.24) is 29.8 Å². The molecule has 332 valence electrons. The molecule has 20 heteroatoms. The molecule has 62 heavy (non-hydrogen) atoms. The highest BCUT2D eigenvalue weighted by molar-refractivity contribution is 5.94. The third-order valence-electron chi connectivity index (χ3n) is 7.47. The van der Waals surface area contributed by atoms with E-state index < -0.39 is 23.9 Å². The Morgan fingerprint density at radius 2 is 1.06 bits per heavy atom. The van der Waals surface area contributed by atoms with E-state index in [1.165, 1.54) is 94.2 Å². The fraction of sp³-hybridized carbons (Fsp3) is 0.286. The van der Waals surface area contributed by atoms with Crippen molar-refractivity contribution >= 4 is 29.8 Å². The number of nitrogens with one attached hydrogen (secondary N) is 2. The quantitative estimate of drug-likeness (QED) is 0.143. The molecule has 1 amide bonds. The molecule has 5 aromatic heterocycles. The monoisotopic (exact) mass is 862 g/mol. The number of esters is 2. The van der Waals surface area contributed by atoms with E-state index in [1.54, 1.807) is 38.4 Å². The summed E-state index contributed by atoms with van der Waals surface area (Å²) < 4.78 is 24.8. The second-order valence-electron chi connectivity index (χ2n) is 13.2. The summed E-state index contributed by atoms with van der Waals surface area (Å²) >= 11 is 0. The molecule has 0 bridgehead atoms. The van der Waals surface area contributed by atoms with Crippen LogP contribution >= 0.6 is 0 Å². The largest absolute Gasteiger partial charge is 0.481 e. The molecular weight excluding hydrogens is 812 g/mol. The summed E-state index contributed by atoms with van der Waals surface area (Å²) in [5.41, 5.74) is 1.36. The summed E-state index contributed by atoms with van der Waals surface area (Å²) in [7, 11) is 8.74. The average molecular weight is 863 g/mol. The highest BCUT2D eigenvalue weighted by atomic mass is 16.5. The fourth-order valence-electron chi connectivity index (χ4n) is 4.03. The maximum atomic E-state index is 11.7. The molecule has 4 N–H and O–H groups in total. The lowest BCUT2D eigenvalue weighted by atomic mass is 9.92. The molecule has 0 aliphatic carbocycles. The number of aromatic nitrogens is 5. The molecule has 0 aliphatic heterocycles. The average Bonchev–Trinajstić information content (AvgIpc) is 3.27. The van der Waals surface area contributed by atoms with Crippen LogP contribution in [-0.4, -0.2) is 107 Å². The van der Waals surface area contributed by atoms with Crippen molar-refractivity contribution in [3.63, 3.8) is 0 Å². The molecular formula is C42H50N6O14. The predicted octanol–water partition coefficient (Wildman–Crippen LogP) is 4.17. The number of H-pyrrole nitrogens is 1. The van der Waals surface area contributed by atoms with Gasteiger partial charge in [0.2, 0.25) is 28.8 Å². The summed E-state index contributed by atoms with van der Waals surface area (Å²) in [6.45, 7) is 7.12. The minimum atomic E-state index is -1.05. The number of ether oxygens (including phenoxy) is 5. The van der Waals surface area contributed by atoms with Gasteiger partial charge in [0.1, 0.15) is 0 Å². The second kappa shape index (κ2) is 27.0. The van der Waals surface area contributed by atoms with Gasteiger partial charge < -0.3 is 48.8 Å². The first-order chi connectivity index (χ1) is 29.3. The van der Waals surface area contributed by atoms with Crippen LogP contribution in [0.4, 0.5) is 0 Å². The molecule has 0 unspecified atom stereocenters. The Hall–Kier alpha value is -7.90. The number of amides is 1. The number of nitrogens with zero attached hydrogens (tertiary/aromatic N) is 4. The lowest BCUT2D eigenvalue weighted by molar-refractivity contribution is 0.0591. The van der Waals surface area contributed by atoms with Gasteiger partial charge in [-0.3, -0.25) is 14.4 Å². The molecule has 0 aliphatic rings. The second-order valence-corrected chi connectivity index (χ2v) is 13.2. The zero-order valence-corrected chi connectivity index (χ0v) is 35.7. The first-order valence-corrected chi connectivity index (χ1v) is 18.1. The number of hydrogen-bond donors (Lipinski definition) is 4. The number of hydrogen-bond acceptors (Lipinski definition) is 15. The highest BCUT2D eigenvalue weighted by Crippen LogP contribution is 2.17. The summed E-state index contributed by atoms with van der Waals surface area (Å²) in [6.07, 6.45) is 7.72. The van der Waals surface area contributed by atoms with Gasteiger partial charge in [-0.15, -0.1) is 0 Å². The van der Waals surface area contributed by atoms with Crippen molar-refractivity contribution < 1.29 is 57.9 Å². The number of carbonyl (C=O) groups excluding carboxylic acids is 3. The van der Waals surface area contributed by atoms with E-state index >= 15 is 0 Å². The van der Waals surface area contributed by atoms with Crippen molar-refractivity contribution in [1.29, 1.82) is 0 Å². The van der Waals surface area contributed by atoms with E-state index in [0.717, 1.165) is 12.6 Å². The van der Waals surface area contributed by atoms with Gasteiger partial charge in [-0.1, -0.05) is 20.8 Å². The summed E-state index contributed by atoms with van der Waals surface area (Å²) in [5, 5.41) is 19.7. The topological polar surface area (TPSA) is 278 Å². The minimum Gasteiger partial charge on any atom is -0.481 e. The molecule has 5 rings (SSSR count). The SMILES string of the molecule is COC(=O)c1ccc(=O)n(C)c1.COC(=O)c1ccc(OC)nc1.COc1ccc(C(=O)NCCC(C)(C)C)cn1.COc1ccc(C(=O)O)cn1.O=C(O)c1ccc(=O)[nH]c1. The van der Waals surface area contributed by atoms with Crippen LogP contribution in [-0.2, 0) is 16.5 Å². The molecule has 20 nitrogen and oxygen atoms in total. The summed E-state index contributed by atoms with van der Waals surface area (Å²) in [4.78, 5) is 89.2. The lowest BCUT2D eigenvalue weighted by Gasteiger charge is -2.17. The molecule has 0 spiro atoms. The Kier molecular flexibility index (Phi) is 22.7. The van der Waals surface area contributed by atoms with E-state index in [1.807, 2.05) is 0 Å². The van der Waals surface area contributed by atoms with Crippen LogP contribution < -0.4 is 30.6 Å². The number of carboxylic acids is 2. The Bertz CT molecular complexity index is 2280. The third kappa shape index (κ3) is 20.2. The van der Waals surface area contributed by atoms with E-state index in [2.05, 4.69) is 55.5 Å². The molecule has 0 saturated heterocycles. The number of carboxylic acid groups (broad SMARTS) is 2. The molecule has 0 atom stereocenters. The Morgan fingerprint density at radius 3 is 1.44 bits per heavy atom. The van der Waals surface area contributed by atoms with Crippen LogP contribution in [0.15, 0.2) is 101 Å². The van der Waals surface area contributed by atoms with Crippen LogP contribution in [0.2, 0.25) is 0 Å². The lowest BCUT2D eigenvalue weighted by Crippen LogP contribution is -2.27. The Labute approximate surface area is 356 Å². The molecule has 0 fully saturated rings. The number of methoxy groups -OCH3 is 5. The van der Waals surface area contributed by atoms with Crippen molar-refractivity contribution in [3.05, 3.63) is 140 Å². The van der Waals surface area contributed by atoms with E-state index in [-0.39, 0.29) is 33.6 Å². The van der Waals surface area contributed by atoms with Crippen LogP contribution in [0.1, 0.15) is 79.0 Å². The van der Waals surface area contributed by atoms with Crippen LogP contribution in [0.25, 0.3) is 0 Å². The normalized spacial score (nSPS) is 9.76. The first kappa shape index (κ1) is 52.1. The molecule has 0 saturated carbocycles. The van der Waals surface area contributed by atoms with E-state index in [4.69, 9.17) is 24.4 Å². The highest BCUT2D eigenvalue weighted by Gasteiger charge is 2.12. The number of aromatic carboxylic acids is 2. The van der Waals surface area contributed by atoms with Gasteiger partial charge in [0.05, 0.1) is 63.4 Å². The van der Waals surface area contributed by atoms with Gasteiger partial charge in [-0.05, 0) is 42.2 Å². The van der Waals surface area contributed by atoms with E-state index in [0.29, 0.717) is 40.9 Å². The standard InChI is InChI=1S/C13H20N2O2.2C8H9NO3.C7H7NO3.C6H5NO3/c1-13(2,3)7-8-14-12(16)10-5-6-11(17-4)15-9-10;1-11-7-4-3-6(5-9-7)8(10)12-2;1-9-5-6(8(11)12-2)3-4-7(9)10;1-11-6-3-2-5(4-8-6)7(9)10;8-5-2-1-4(3-7-5)6(9)10/h5-6,9H,7-8H2,1-4H3,(H,14,16);2*3-5H,1-2H3;2-4H,1H3,(H,9,10);1-3H,(H,7,8)(H,9,10). The number of rotatable bonds is 10. The van der Waals surface area contributed by atoms with Gasteiger partial charge in [0.15, 0.2) is 0 Å². The van der Waals surface area contributed by atoms with Crippen LogP contribution in [0, 0.1) is 5.41 Å². The zero-order valence-electron chi connectivity index (χ0n) is 35.7. The predicted molar refractivity (Wildman–Crippen MR) is 224 cm³/mol. The summed E-state index contributed by atoms with van der Waals surface area (Å²) in [5.74, 6) is -1.56. The number of aromatic amines is 1. The number of carbonyl (C=O) groups is 5.